The van der Waals surface area contributed by atoms with Crippen molar-refractivity contribution < 1.29 is 90.5 Å². The van der Waals surface area contributed by atoms with E-state index in [-0.39, 0.29) is 0 Å². The molecule has 1 aliphatic heterocycles. The van der Waals surface area contributed by atoms with Crippen LogP contribution in [-0.4, -0.2) is 128 Å². The van der Waals surface area contributed by atoms with Crippen molar-refractivity contribution in [2.45, 2.75) is 130 Å². The second-order valence-corrected chi connectivity index (χ2v) is 11.2. The number of hydrogen-bond donors (Lipinski definition) is 1. The SMILES string of the molecule is CC(=O)N[C@H]1[C@@H](OC2[C@H](OC(C)=O)[C@H](OC(C)=O)C(OC(C)=O)[C@H](OC(C)=O)[C@H]2OC(C)=O)O[C@H](COC(C)=O)[C@H](OC(C)=O)[C@@H]1OC(C)=O. The van der Waals surface area contributed by atoms with Gasteiger partial charge in [0, 0.05) is 62.3 Å². The monoisotopic (exact) mass is 719 g/mol. The van der Waals surface area contributed by atoms with Crippen LogP contribution < -0.4 is 5.32 Å². The Bertz CT molecular complexity index is 1290. The van der Waals surface area contributed by atoms with Gasteiger partial charge in [0.1, 0.15) is 24.9 Å². The minimum absolute atomic E-state index is 0.621. The van der Waals surface area contributed by atoms with Gasteiger partial charge in [-0.1, -0.05) is 0 Å². The Hall–Kier alpha value is -4.85. The molecule has 1 N–H and O–H groups in total. The van der Waals surface area contributed by atoms with Gasteiger partial charge in [0.2, 0.25) is 5.91 Å². The molecule has 2 rings (SSSR count). The molecular weight excluding hydrogens is 678 g/mol. The average molecular weight is 720 g/mol. The maximum absolute atomic E-state index is 12.5. The molecule has 11 atom stereocenters. The van der Waals surface area contributed by atoms with Crippen molar-refractivity contribution in [3.63, 3.8) is 0 Å². The molecule has 20 heteroatoms. The lowest BCUT2D eigenvalue weighted by molar-refractivity contribution is -0.324. The third-order valence-electron chi connectivity index (χ3n) is 6.82. The molecule has 20 nitrogen and oxygen atoms in total. The average Bonchev–Trinajstić information content (AvgIpc) is 2.94. The summed E-state index contributed by atoms with van der Waals surface area (Å²) < 4.78 is 55.4. The zero-order valence-corrected chi connectivity index (χ0v) is 28.8. The summed E-state index contributed by atoms with van der Waals surface area (Å²) in [6.45, 7) is 8.43. The number of rotatable bonds is 12. The standard InChI is InChI=1S/C30H41NO19/c1-11(32)31-21-23(43-14(4)35)22(42-13(3)34)20(10-41-12(2)33)49-30(21)50-29-27(47-18(8)39)25(45-16(6)37)24(44-15(5)36)26(46-17(7)38)28(29)48-19(9)40/h20-30H,10H2,1-9H3,(H,31,32)/t20-,21-,22+,23-,24?,25-,26+,27-,28-,29?,30-/m1/s1. The molecule has 0 aromatic heterocycles. The van der Waals surface area contributed by atoms with Crippen molar-refractivity contribution in [3.8, 4) is 0 Å². The Kier molecular flexibility index (Phi) is 15.1. The first-order valence-electron chi connectivity index (χ1n) is 15.1. The van der Waals surface area contributed by atoms with Crippen molar-refractivity contribution in [2.24, 2.45) is 0 Å². The van der Waals surface area contributed by atoms with E-state index in [1.807, 2.05) is 0 Å². The number of ether oxygens (including phenoxy) is 10. The van der Waals surface area contributed by atoms with E-state index < -0.39 is 128 Å². The highest BCUT2D eigenvalue weighted by atomic mass is 16.7. The van der Waals surface area contributed by atoms with Crippen molar-refractivity contribution >= 4 is 53.7 Å². The van der Waals surface area contributed by atoms with Crippen molar-refractivity contribution in [3.05, 3.63) is 0 Å². The van der Waals surface area contributed by atoms with Crippen LogP contribution in [0.2, 0.25) is 0 Å². The number of carbonyl (C=O) groups is 9. The van der Waals surface area contributed by atoms with Crippen LogP contribution in [-0.2, 0) is 90.5 Å². The fraction of sp³-hybridized carbons (Fsp3) is 0.700. The Balaban J connectivity index is 2.89. The Morgan fingerprint density at radius 2 is 0.760 bits per heavy atom. The zero-order chi connectivity index (χ0) is 38.0. The molecule has 0 radical (unpaired) electrons. The molecular formula is C30H41NO19. The van der Waals surface area contributed by atoms with E-state index in [9.17, 15) is 43.2 Å². The molecule has 2 fully saturated rings. The molecule has 2 unspecified atom stereocenters. The first-order valence-corrected chi connectivity index (χ1v) is 15.1. The fourth-order valence-electron chi connectivity index (χ4n) is 5.47. The molecule has 0 bridgehead atoms. The van der Waals surface area contributed by atoms with E-state index in [2.05, 4.69) is 5.32 Å². The summed E-state index contributed by atoms with van der Waals surface area (Å²) >= 11 is 0. The number of esters is 8. The van der Waals surface area contributed by atoms with Crippen LogP contribution in [0.15, 0.2) is 0 Å². The van der Waals surface area contributed by atoms with Gasteiger partial charge in [-0.05, 0) is 0 Å². The van der Waals surface area contributed by atoms with Crippen LogP contribution in [0.25, 0.3) is 0 Å². The van der Waals surface area contributed by atoms with Crippen LogP contribution in [0.3, 0.4) is 0 Å². The Morgan fingerprint density at radius 1 is 0.440 bits per heavy atom. The second-order valence-electron chi connectivity index (χ2n) is 11.2. The molecule has 1 saturated carbocycles. The summed E-state index contributed by atoms with van der Waals surface area (Å²) in [7, 11) is 0. The van der Waals surface area contributed by atoms with Gasteiger partial charge in [-0.15, -0.1) is 0 Å². The summed E-state index contributed by atoms with van der Waals surface area (Å²) in [6, 6.07) is -1.57. The van der Waals surface area contributed by atoms with Crippen LogP contribution in [0.4, 0.5) is 0 Å². The van der Waals surface area contributed by atoms with Crippen LogP contribution >= 0.6 is 0 Å². The van der Waals surface area contributed by atoms with E-state index >= 15 is 0 Å². The predicted molar refractivity (Wildman–Crippen MR) is 157 cm³/mol. The predicted octanol–water partition coefficient (Wildman–Crippen LogP) is -1.30. The lowest BCUT2D eigenvalue weighted by Gasteiger charge is -2.50. The van der Waals surface area contributed by atoms with Gasteiger partial charge in [0.05, 0.1) is 0 Å². The van der Waals surface area contributed by atoms with Gasteiger partial charge in [-0.25, -0.2) is 0 Å². The van der Waals surface area contributed by atoms with Crippen LogP contribution in [0.5, 0.6) is 0 Å². The summed E-state index contributed by atoms with van der Waals surface area (Å²) in [5, 5.41) is 2.48. The van der Waals surface area contributed by atoms with Gasteiger partial charge in [-0.3, -0.25) is 43.2 Å². The normalized spacial score (nSPS) is 30.3. The van der Waals surface area contributed by atoms with Crippen LogP contribution in [0.1, 0.15) is 62.3 Å². The third kappa shape index (κ3) is 11.9. The highest BCUT2D eigenvalue weighted by Gasteiger charge is 2.62. The fourth-order valence-corrected chi connectivity index (χ4v) is 5.47. The quantitative estimate of drug-likeness (QED) is 0.181. The first kappa shape index (κ1) is 41.3. The van der Waals surface area contributed by atoms with E-state index in [0.717, 1.165) is 62.3 Å². The lowest BCUT2D eigenvalue weighted by Crippen LogP contribution is -2.71. The van der Waals surface area contributed by atoms with Crippen molar-refractivity contribution in [1.82, 2.24) is 5.32 Å². The Labute approximate surface area is 285 Å². The van der Waals surface area contributed by atoms with Crippen LogP contribution in [0, 0.1) is 0 Å². The first-order chi connectivity index (χ1) is 23.2. The van der Waals surface area contributed by atoms with Crippen molar-refractivity contribution in [2.75, 3.05) is 6.61 Å². The number of hydrogen-bond acceptors (Lipinski definition) is 19. The summed E-state index contributed by atoms with van der Waals surface area (Å²) in [6.07, 6.45) is -17.3. The number of nitrogens with one attached hydrogen (secondary N) is 1. The number of carbonyl (C=O) groups excluding carboxylic acids is 9. The second kappa shape index (κ2) is 18.2. The van der Waals surface area contributed by atoms with E-state index in [1.165, 1.54) is 0 Å². The molecule has 1 aliphatic carbocycles. The summed E-state index contributed by atoms with van der Waals surface area (Å²) in [5.41, 5.74) is 0. The van der Waals surface area contributed by atoms with Gasteiger partial charge in [0.15, 0.2) is 49.0 Å². The van der Waals surface area contributed by atoms with Gasteiger partial charge >= 0.3 is 47.8 Å². The molecule has 1 heterocycles. The molecule has 1 amide bonds. The maximum Gasteiger partial charge on any atom is 0.303 e. The molecule has 50 heavy (non-hydrogen) atoms. The molecule has 0 spiro atoms. The third-order valence-corrected chi connectivity index (χ3v) is 6.82. The topological polar surface area (TPSA) is 258 Å². The Morgan fingerprint density at radius 3 is 1.08 bits per heavy atom. The van der Waals surface area contributed by atoms with E-state index in [0.29, 0.717) is 0 Å². The smallest absolute Gasteiger partial charge is 0.303 e. The summed E-state index contributed by atoms with van der Waals surface area (Å²) in [5.74, 6) is -8.28. The van der Waals surface area contributed by atoms with E-state index in [4.69, 9.17) is 47.4 Å². The highest BCUT2D eigenvalue weighted by molar-refractivity contribution is 5.74. The largest absolute Gasteiger partial charge is 0.463 e. The van der Waals surface area contributed by atoms with Gasteiger partial charge in [-0.2, -0.15) is 0 Å². The van der Waals surface area contributed by atoms with E-state index in [1.54, 1.807) is 0 Å². The lowest BCUT2D eigenvalue weighted by atomic mass is 9.83. The van der Waals surface area contributed by atoms with Gasteiger partial charge in [0.25, 0.3) is 0 Å². The minimum atomic E-state index is -1.86. The zero-order valence-electron chi connectivity index (χ0n) is 28.8. The molecule has 280 valence electrons. The van der Waals surface area contributed by atoms with Gasteiger partial charge < -0.3 is 52.7 Å². The highest BCUT2D eigenvalue weighted by Crippen LogP contribution is 2.37. The summed E-state index contributed by atoms with van der Waals surface area (Å²) in [4.78, 5) is 111. The maximum atomic E-state index is 12.5. The molecule has 0 aromatic rings. The minimum Gasteiger partial charge on any atom is -0.463 e. The number of amides is 1. The van der Waals surface area contributed by atoms with Crippen molar-refractivity contribution in [1.29, 1.82) is 0 Å². The molecule has 1 saturated heterocycles. The molecule has 0 aromatic carbocycles. The molecule has 2 aliphatic rings.